The number of hydrogen-bond donors (Lipinski definition) is 1. The van der Waals surface area contributed by atoms with Crippen molar-refractivity contribution in [2.45, 2.75) is 12.7 Å². The molecule has 0 spiro atoms. The van der Waals surface area contributed by atoms with Gasteiger partial charge >= 0.3 is 0 Å². The number of nitrogens with zero attached hydrogens (tertiary/aromatic N) is 1. The lowest BCUT2D eigenvalue weighted by Crippen LogP contribution is -2.27. The van der Waals surface area contributed by atoms with Gasteiger partial charge in [0.1, 0.15) is 5.82 Å². The third kappa shape index (κ3) is 5.97. The van der Waals surface area contributed by atoms with Gasteiger partial charge in [0.15, 0.2) is 0 Å². The Balaban J connectivity index is 1.86. The van der Waals surface area contributed by atoms with Crippen LogP contribution in [0.2, 0.25) is 0 Å². The lowest BCUT2D eigenvalue weighted by molar-refractivity contribution is 0.0956. The van der Waals surface area contributed by atoms with Crippen LogP contribution >= 0.6 is 11.8 Å². The molecule has 2 aromatic rings. The van der Waals surface area contributed by atoms with Crippen LogP contribution in [0.15, 0.2) is 42.5 Å². The molecule has 0 fully saturated rings. The number of anilines is 1. The molecule has 0 aliphatic heterocycles. The van der Waals surface area contributed by atoms with E-state index in [1.54, 1.807) is 55.1 Å². The molecule has 0 saturated carbocycles. The molecule has 0 aliphatic carbocycles. The molecule has 5 nitrogen and oxygen atoms in total. The van der Waals surface area contributed by atoms with Crippen molar-refractivity contribution >= 4 is 33.4 Å². The smallest absolute Gasteiger partial charge is 0.251 e. The summed E-state index contributed by atoms with van der Waals surface area (Å²) in [4.78, 5) is 12.2. The number of aryl methyl sites for hydroxylation is 1. The average Bonchev–Trinajstić information content (AvgIpc) is 2.61. The summed E-state index contributed by atoms with van der Waals surface area (Å²) in [6.07, 6.45) is 1.13. The molecule has 8 heteroatoms. The Morgan fingerprint density at radius 2 is 1.93 bits per heavy atom. The number of carbonyl (C=O) groups excluding carboxylic acids is 1. The van der Waals surface area contributed by atoms with Crippen LogP contribution in [0.25, 0.3) is 0 Å². The van der Waals surface area contributed by atoms with E-state index in [9.17, 15) is 17.6 Å². The highest BCUT2D eigenvalue weighted by molar-refractivity contribution is 7.98. The molecule has 0 unspecified atom stereocenters. The third-order valence-electron chi connectivity index (χ3n) is 4.04. The largest absolute Gasteiger partial charge is 0.351 e. The first-order chi connectivity index (χ1) is 12.7. The van der Waals surface area contributed by atoms with Gasteiger partial charge in [-0.2, -0.15) is 11.8 Å². The number of carbonyl (C=O) groups is 1. The number of benzene rings is 2. The van der Waals surface area contributed by atoms with E-state index in [0.29, 0.717) is 40.4 Å². The lowest BCUT2D eigenvalue weighted by atomic mass is 10.1. The SMILES string of the molecule is Cc1cc(C(=O)NCCSCc2ccccc2F)ccc1N(C)S(C)(=O)=O. The maximum Gasteiger partial charge on any atom is 0.251 e. The van der Waals surface area contributed by atoms with Gasteiger partial charge in [-0.1, -0.05) is 18.2 Å². The summed E-state index contributed by atoms with van der Waals surface area (Å²) in [5.41, 5.74) is 2.35. The summed E-state index contributed by atoms with van der Waals surface area (Å²) in [6, 6.07) is 11.5. The number of sulfonamides is 1. The van der Waals surface area contributed by atoms with Crippen LogP contribution in [0.4, 0.5) is 10.1 Å². The minimum absolute atomic E-state index is 0.219. The van der Waals surface area contributed by atoms with Crippen molar-refractivity contribution in [3.05, 3.63) is 65.0 Å². The van der Waals surface area contributed by atoms with Crippen LogP contribution in [-0.2, 0) is 15.8 Å². The summed E-state index contributed by atoms with van der Waals surface area (Å²) in [7, 11) is -1.88. The van der Waals surface area contributed by atoms with E-state index in [1.165, 1.54) is 17.4 Å². The van der Waals surface area contributed by atoms with Gasteiger partial charge < -0.3 is 5.32 Å². The molecule has 27 heavy (non-hydrogen) atoms. The lowest BCUT2D eigenvalue weighted by Gasteiger charge is -2.19. The molecule has 1 N–H and O–H groups in total. The molecule has 0 bridgehead atoms. The molecule has 0 atom stereocenters. The van der Waals surface area contributed by atoms with E-state index in [0.717, 1.165) is 6.26 Å². The van der Waals surface area contributed by atoms with Crippen LogP contribution in [-0.4, -0.2) is 39.9 Å². The first kappa shape index (κ1) is 21.2. The predicted octanol–water partition coefficient (Wildman–Crippen LogP) is 3.19. The predicted molar refractivity (Wildman–Crippen MR) is 109 cm³/mol. The minimum Gasteiger partial charge on any atom is -0.351 e. The third-order valence-corrected chi connectivity index (χ3v) is 6.24. The second kappa shape index (κ2) is 9.23. The van der Waals surface area contributed by atoms with Crippen LogP contribution in [0.3, 0.4) is 0 Å². The van der Waals surface area contributed by atoms with Crippen molar-refractivity contribution in [3.63, 3.8) is 0 Å². The Morgan fingerprint density at radius 3 is 2.56 bits per heavy atom. The fourth-order valence-electron chi connectivity index (χ4n) is 2.47. The van der Waals surface area contributed by atoms with E-state index in [2.05, 4.69) is 5.32 Å². The van der Waals surface area contributed by atoms with Crippen molar-refractivity contribution in [2.75, 3.05) is 29.9 Å². The Kier molecular flexibility index (Phi) is 7.26. The number of rotatable bonds is 8. The van der Waals surface area contributed by atoms with Crippen molar-refractivity contribution in [1.29, 1.82) is 0 Å². The molecule has 0 heterocycles. The van der Waals surface area contributed by atoms with E-state index in [1.807, 2.05) is 0 Å². The molecule has 0 saturated heterocycles. The molecule has 2 aromatic carbocycles. The quantitative estimate of drug-likeness (QED) is 0.679. The van der Waals surface area contributed by atoms with Crippen LogP contribution in [0.5, 0.6) is 0 Å². The first-order valence-electron chi connectivity index (χ1n) is 8.34. The van der Waals surface area contributed by atoms with Gasteiger partial charge in [0.05, 0.1) is 11.9 Å². The van der Waals surface area contributed by atoms with Gasteiger partial charge in [0.25, 0.3) is 5.91 Å². The number of thioether (sulfide) groups is 1. The van der Waals surface area contributed by atoms with Gasteiger partial charge in [0, 0.05) is 30.7 Å². The second-order valence-electron chi connectivity index (χ2n) is 6.13. The maximum absolute atomic E-state index is 13.5. The van der Waals surface area contributed by atoms with E-state index in [4.69, 9.17) is 0 Å². The van der Waals surface area contributed by atoms with Gasteiger partial charge in [0.2, 0.25) is 10.0 Å². The van der Waals surface area contributed by atoms with Gasteiger partial charge in [-0.25, -0.2) is 12.8 Å². The van der Waals surface area contributed by atoms with Crippen molar-refractivity contribution < 1.29 is 17.6 Å². The summed E-state index contributed by atoms with van der Waals surface area (Å²) in [5.74, 6) is 0.768. The maximum atomic E-state index is 13.5. The summed E-state index contributed by atoms with van der Waals surface area (Å²) in [6.45, 7) is 2.22. The van der Waals surface area contributed by atoms with Crippen molar-refractivity contribution in [2.24, 2.45) is 0 Å². The zero-order valence-corrected chi connectivity index (χ0v) is 17.2. The monoisotopic (exact) mass is 410 g/mol. The molecule has 0 radical (unpaired) electrons. The van der Waals surface area contributed by atoms with Crippen molar-refractivity contribution in [1.82, 2.24) is 5.32 Å². The highest BCUT2D eigenvalue weighted by atomic mass is 32.2. The summed E-state index contributed by atoms with van der Waals surface area (Å²) >= 11 is 1.54. The first-order valence-corrected chi connectivity index (χ1v) is 11.3. The van der Waals surface area contributed by atoms with Crippen LogP contribution in [0.1, 0.15) is 21.5 Å². The zero-order valence-electron chi connectivity index (χ0n) is 15.5. The summed E-state index contributed by atoms with van der Waals surface area (Å²) < 4.78 is 38.0. The fourth-order valence-corrected chi connectivity index (χ4v) is 3.87. The topological polar surface area (TPSA) is 66.5 Å². The molecule has 0 aromatic heterocycles. The average molecular weight is 411 g/mol. The van der Waals surface area contributed by atoms with Gasteiger partial charge in [-0.15, -0.1) is 0 Å². The van der Waals surface area contributed by atoms with Gasteiger partial charge in [-0.05, 0) is 42.3 Å². The Bertz CT molecular complexity index is 917. The van der Waals surface area contributed by atoms with Crippen molar-refractivity contribution in [3.8, 4) is 0 Å². The second-order valence-corrected chi connectivity index (χ2v) is 9.25. The molecule has 146 valence electrons. The highest BCUT2D eigenvalue weighted by Gasteiger charge is 2.15. The van der Waals surface area contributed by atoms with E-state index < -0.39 is 10.0 Å². The number of amides is 1. The normalized spacial score (nSPS) is 11.3. The van der Waals surface area contributed by atoms with Crippen LogP contribution in [0, 0.1) is 12.7 Å². The summed E-state index contributed by atoms with van der Waals surface area (Å²) in [5, 5.41) is 2.82. The molecule has 0 aliphatic rings. The van der Waals surface area contributed by atoms with Gasteiger partial charge in [-0.3, -0.25) is 9.10 Å². The standard InChI is InChI=1S/C19H23FN2O3S2/c1-14-12-15(8-9-18(14)22(2)27(3,24)25)19(23)21-10-11-26-13-16-6-4-5-7-17(16)20/h4-9,12H,10-11,13H2,1-3H3,(H,21,23). The highest BCUT2D eigenvalue weighted by Crippen LogP contribution is 2.22. The number of nitrogens with one attached hydrogen (secondary N) is 1. The Hall–Kier alpha value is -2.06. The molecular formula is C19H23FN2O3S2. The number of hydrogen-bond acceptors (Lipinski definition) is 4. The molecule has 1 amide bonds. The fraction of sp³-hybridized carbons (Fsp3) is 0.316. The van der Waals surface area contributed by atoms with E-state index in [-0.39, 0.29) is 11.7 Å². The van der Waals surface area contributed by atoms with E-state index >= 15 is 0 Å². The number of halogens is 1. The minimum atomic E-state index is -3.35. The zero-order chi connectivity index (χ0) is 20.0. The Labute approximate surface area is 164 Å². The van der Waals surface area contributed by atoms with Crippen LogP contribution < -0.4 is 9.62 Å². The molecule has 2 rings (SSSR count). The molecular weight excluding hydrogens is 387 g/mol. The Morgan fingerprint density at radius 1 is 1.22 bits per heavy atom.